The zero-order valence-corrected chi connectivity index (χ0v) is 15.5. The number of esters is 1. The van der Waals surface area contributed by atoms with Crippen molar-refractivity contribution in [3.63, 3.8) is 0 Å². The maximum atomic E-state index is 12.4. The largest absolute Gasteiger partial charge is 0.573 e. The summed E-state index contributed by atoms with van der Waals surface area (Å²) in [5, 5.41) is 2.36. The number of methoxy groups -OCH3 is 2. The van der Waals surface area contributed by atoms with Crippen LogP contribution >= 0.6 is 0 Å². The first-order valence-electron chi connectivity index (χ1n) is 8.22. The predicted molar refractivity (Wildman–Crippen MR) is 94.8 cm³/mol. The highest BCUT2D eigenvalue weighted by molar-refractivity contribution is 5.92. The van der Waals surface area contributed by atoms with Gasteiger partial charge in [-0.15, -0.1) is 13.2 Å². The molecule has 2 aromatic rings. The number of amides is 1. The van der Waals surface area contributed by atoms with Gasteiger partial charge in [-0.1, -0.05) is 18.2 Å². The van der Waals surface area contributed by atoms with Gasteiger partial charge in [0, 0.05) is 18.2 Å². The lowest BCUT2D eigenvalue weighted by molar-refractivity contribution is -0.274. The van der Waals surface area contributed by atoms with Crippen LogP contribution < -0.4 is 19.5 Å². The molecule has 0 aliphatic carbocycles. The highest BCUT2D eigenvalue weighted by Gasteiger charge is 2.32. The molecule has 0 saturated carbocycles. The van der Waals surface area contributed by atoms with Crippen molar-refractivity contribution in [3.05, 3.63) is 53.6 Å². The minimum atomic E-state index is -4.85. The van der Waals surface area contributed by atoms with E-state index in [1.165, 1.54) is 44.6 Å². The summed E-state index contributed by atoms with van der Waals surface area (Å²) in [6, 6.07) is 9.75. The van der Waals surface area contributed by atoms with Crippen LogP contribution in [0.1, 0.15) is 15.9 Å². The average Bonchev–Trinajstić information content (AvgIpc) is 2.69. The van der Waals surface area contributed by atoms with E-state index >= 15 is 0 Å². The molecule has 0 aliphatic heterocycles. The van der Waals surface area contributed by atoms with Crippen LogP contribution in [0.3, 0.4) is 0 Å². The third-order valence-electron chi connectivity index (χ3n) is 3.60. The van der Waals surface area contributed by atoms with E-state index in [1.54, 1.807) is 6.07 Å². The van der Waals surface area contributed by atoms with Crippen molar-refractivity contribution < 1.29 is 41.7 Å². The first kappa shape index (κ1) is 21.9. The van der Waals surface area contributed by atoms with Crippen molar-refractivity contribution in [2.24, 2.45) is 0 Å². The van der Waals surface area contributed by atoms with Gasteiger partial charge in [0.1, 0.15) is 17.2 Å². The molecular formula is C19H18F3NO6. The third kappa shape index (κ3) is 6.91. The molecule has 0 radical (unpaired) electrons. The van der Waals surface area contributed by atoms with Gasteiger partial charge >= 0.3 is 12.3 Å². The van der Waals surface area contributed by atoms with E-state index in [1.807, 2.05) is 0 Å². The van der Waals surface area contributed by atoms with Crippen LogP contribution in [0.5, 0.6) is 17.2 Å². The lowest BCUT2D eigenvalue weighted by Gasteiger charge is -2.13. The highest BCUT2D eigenvalue weighted by atomic mass is 19.4. The van der Waals surface area contributed by atoms with Crippen molar-refractivity contribution in [2.45, 2.75) is 12.9 Å². The fraction of sp³-hybridized carbons (Fsp3) is 0.263. The molecule has 0 heterocycles. The Morgan fingerprint density at radius 3 is 2.21 bits per heavy atom. The second-order valence-electron chi connectivity index (χ2n) is 5.61. The SMILES string of the molecule is COc1cc(OC)cc(C(=O)OCC(=O)NCc2ccccc2OC(F)(F)F)c1. The van der Waals surface area contributed by atoms with Gasteiger partial charge in [-0.2, -0.15) is 0 Å². The quantitative estimate of drug-likeness (QED) is 0.670. The van der Waals surface area contributed by atoms with Gasteiger partial charge in [0.15, 0.2) is 6.61 Å². The summed E-state index contributed by atoms with van der Waals surface area (Å²) in [6.07, 6.45) is -4.85. The van der Waals surface area contributed by atoms with E-state index in [2.05, 4.69) is 10.1 Å². The van der Waals surface area contributed by atoms with Crippen molar-refractivity contribution in [1.29, 1.82) is 0 Å². The van der Waals surface area contributed by atoms with Crippen molar-refractivity contribution in [1.82, 2.24) is 5.32 Å². The van der Waals surface area contributed by atoms with Crippen LogP contribution in [0.2, 0.25) is 0 Å². The number of benzene rings is 2. The van der Waals surface area contributed by atoms with Crippen LogP contribution in [-0.2, 0) is 16.1 Å². The maximum absolute atomic E-state index is 12.4. The van der Waals surface area contributed by atoms with Gasteiger partial charge in [0.05, 0.1) is 19.8 Å². The fourth-order valence-electron chi connectivity index (χ4n) is 2.26. The molecule has 0 unspecified atom stereocenters. The number of rotatable bonds is 8. The fourth-order valence-corrected chi connectivity index (χ4v) is 2.26. The average molecular weight is 413 g/mol. The zero-order chi connectivity index (χ0) is 21.4. The molecule has 0 fully saturated rings. The van der Waals surface area contributed by atoms with Gasteiger partial charge in [-0.25, -0.2) is 4.79 Å². The number of hydrogen-bond donors (Lipinski definition) is 1. The third-order valence-corrected chi connectivity index (χ3v) is 3.60. The van der Waals surface area contributed by atoms with Crippen LogP contribution in [-0.4, -0.2) is 39.1 Å². The van der Waals surface area contributed by atoms with Gasteiger partial charge < -0.3 is 24.3 Å². The molecule has 2 rings (SSSR count). The van der Waals surface area contributed by atoms with Crippen LogP contribution in [0.15, 0.2) is 42.5 Å². The number of ether oxygens (including phenoxy) is 4. The molecule has 1 amide bonds. The van der Waals surface area contributed by atoms with Crippen LogP contribution in [0.25, 0.3) is 0 Å². The minimum Gasteiger partial charge on any atom is -0.497 e. The normalized spacial score (nSPS) is 10.8. The lowest BCUT2D eigenvalue weighted by Crippen LogP contribution is -2.29. The predicted octanol–water partition coefficient (Wildman–Crippen LogP) is 3.08. The van der Waals surface area contributed by atoms with Gasteiger partial charge in [-0.05, 0) is 18.2 Å². The smallest absolute Gasteiger partial charge is 0.497 e. The number of para-hydroxylation sites is 1. The summed E-state index contributed by atoms with van der Waals surface area (Å²) in [5.74, 6) is -1.20. The lowest BCUT2D eigenvalue weighted by atomic mass is 10.2. The molecule has 1 N–H and O–H groups in total. The molecule has 0 atom stereocenters. The Hall–Kier alpha value is -3.43. The van der Waals surface area contributed by atoms with Crippen LogP contribution in [0, 0.1) is 0 Å². The highest BCUT2D eigenvalue weighted by Crippen LogP contribution is 2.26. The standard InChI is InChI=1S/C19H18F3NO6/c1-26-14-7-13(8-15(9-14)27-2)18(25)28-11-17(24)23-10-12-5-3-4-6-16(12)29-19(20,21)22/h3-9H,10-11H2,1-2H3,(H,23,24). The Morgan fingerprint density at radius 2 is 1.62 bits per heavy atom. The molecule has 156 valence electrons. The summed E-state index contributed by atoms with van der Waals surface area (Å²) in [7, 11) is 2.83. The van der Waals surface area contributed by atoms with E-state index in [9.17, 15) is 22.8 Å². The van der Waals surface area contributed by atoms with E-state index in [4.69, 9.17) is 14.2 Å². The van der Waals surface area contributed by atoms with Gasteiger partial charge in [0.25, 0.3) is 5.91 Å². The molecule has 0 bridgehead atoms. The Bertz CT molecular complexity index is 847. The second-order valence-corrected chi connectivity index (χ2v) is 5.61. The second kappa shape index (κ2) is 9.67. The number of nitrogens with one attached hydrogen (secondary N) is 1. The Balaban J connectivity index is 1.92. The topological polar surface area (TPSA) is 83.1 Å². The maximum Gasteiger partial charge on any atom is 0.573 e. The van der Waals surface area contributed by atoms with E-state index in [0.29, 0.717) is 11.5 Å². The monoisotopic (exact) mass is 413 g/mol. The van der Waals surface area contributed by atoms with E-state index in [0.717, 1.165) is 6.07 Å². The summed E-state index contributed by atoms with van der Waals surface area (Å²) < 4.78 is 56.2. The molecule has 10 heteroatoms. The molecule has 0 spiro atoms. The molecule has 29 heavy (non-hydrogen) atoms. The minimum absolute atomic E-state index is 0.109. The van der Waals surface area contributed by atoms with E-state index in [-0.39, 0.29) is 17.7 Å². The molecule has 0 aliphatic rings. The van der Waals surface area contributed by atoms with Crippen LogP contribution in [0.4, 0.5) is 13.2 Å². The Kier molecular flexibility index (Phi) is 7.29. The molecule has 7 nitrogen and oxygen atoms in total. The summed E-state index contributed by atoms with van der Waals surface area (Å²) in [6.45, 7) is -0.865. The van der Waals surface area contributed by atoms with Crippen molar-refractivity contribution >= 4 is 11.9 Å². The number of halogens is 3. The van der Waals surface area contributed by atoms with Gasteiger partial charge in [-0.3, -0.25) is 4.79 Å². The number of carbonyl (C=O) groups is 2. The molecule has 0 saturated heterocycles. The summed E-state index contributed by atoms with van der Waals surface area (Å²) in [5.41, 5.74) is 0.222. The van der Waals surface area contributed by atoms with Crippen molar-refractivity contribution in [2.75, 3.05) is 20.8 Å². The molecular weight excluding hydrogens is 395 g/mol. The van der Waals surface area contributed by atoms with Gasteiger partial charge in [0.2, 0.25) is 0 Å². The number of carbonyl (C=O) groups excluding carboxylic acids is 2. The Morgan fingerprint density at radius 1 is 1.00 bits per heavy atom. The first-order chi connectivity index (χ1) is 13.7. The zero-order valence-electron chi connectivity index (χ0n) is 15.5. The first-order valence-corrected chi connectivity index (χ1v) is 8.22. The van der Waals surface area contributed by atoms with E-state index < -0.39 is 30.6 Å². The summed E-state index contributed by atoms with van der Waals surface area (Å²) >= 11 is 0. The van der Waals surface area contributed by atoms with Crippen molar-refractivity contribution in [3.8, 4) is 17.2 Å². The Labute approximate surface area is 164 Å². The molecule has 2 aromatic carbocycles. The number of hydrogen-bond acceptors (Lipinski definition) is 6. The summed E-state index contributed by atoms with van der Waals surface area (Å²) in [4.78, 5) is 24.0. The molecule has 0 aromatic heterocycles. The number of alkyl halides is 3.